The van der Waals surface area contributed by atoms with Crippen molar-refractivity contribution in [1.29, 1.82) is 0 Å². The molecule has 0 radical (unpaired) electrons. The minimum absolute atomic E-state index is 0.212. The van der Waals surface area contributed by atoms with Gasteiger partial charge in [0.2, 0.25) is 0 Å². The van der Waals surface area contributed by atoms with Gasteiger partial charge in [0, 0.05) is 18.3 Å². The summed E-state index contributed by atoms with van der Waals surface area (Å²) >= 11 is 0. The molecule has 0 unspecified atom stereocenters. The van der Waals surface area contributed by atoms with Crippen molar-refractivity contribution in [1.82, 2.24) is 10.6 Å². The van der Waals surface area contributed by atoms with Crippen LogP contribution in [0.25, 0.3) is 0 Å². The summed E-state index contributed by atoms with van der Waals surface area (Å²) in [5.41, 5.74) is 2.54. The number of urea groups is 1. The van der Waals surface area contributed by atoms with Gasteiger partial charge >= 0.3 is 12.1 Å². The molecule has 6 nitrogen and oxygen atoms in total. The Kier molecular flexibility index (Phi) is 9.66. The Hall–Kier alpha value is -2.24. The zero-order chi connectivity index (χ0) is 23.1. The summed E-state index contributed by atoms with van der Waals surface area (Å²) in [6.45, 7) is 18.4. The second kappa shape index (κ2) is 11.2. The zero-order valence-corrected chi connectivity index (χ0v) is 20.2. The predicted octanol–water partition coefficient (Wildman–Crippen LogP) is 5.99. The van der Waals surface area contributed by atoms with E-state index in [2.05, 4.69) is 69.6 Å². The van der Waals surface area contributed by atoms with E-state index in [1.807, 2.05) is 26.8 Å². The molecule has 1 atom stereocenters. The largest absolute Gasteiger partial charge is 0.444 e. The maximum absolute atomic E-state index is 12.7. The number of carbonyl (C=O) groups excluding carboxylic acids is 2. The molecule has 0 saturated heterocycles. The summed E-state index contributed by atoms with van der Waals surface area (Å²) < 4.78 is 5.36. The first-order valence-electron chi connectivity index (χ1n) is 11.0. The number of carbonyl (C=O) groups is 2. The van der Waals surface area contributed by atoms with Gasteiger partial charge in [-0.3, -0.25) is 0 Å². The number of hydrogen-bond donors (Lipinski definition) is 3. The summed E-state index contributed by atoms with van der Waals surface area (Å²) in [5.74, 6) is 0.951. The summed E-state index contributed by atoms with van der Waals surface area (Å²) in [7, 11) is 0. The topological polar surface area (TPSA) is 79.5 Å². The van der Waals surface area contributed by atoms with Crippen LogP contribution < -0.4 is 16.0 Å². The van der Waals surface area contributed by atoms with Gasteiger partial charge in [-0.1, -0.05) is 59.7 Å². The number of ether oxygens (including phenoxy) is 1. The van der Waals surface area contributed by atoms with Crippen molar-refractivity contribution >= 4 is 17.8 Å². The average Bonchev–Trinajstić information content (AvgIpc) is 2.57. The third-order valence-corrected chi connectivity index (χ3v) is 4.60. The van der Waals surface area contributed by atoms with Crippen molar-refractivity contribution in [3.63, 3.8) is 0 Å². The first kappa shape index (κ1) is 25.8. The summed E-state index contributed by atoms with van der Waals surface area (Å²) in [5, 5.41) is 8.84. The number of para-hydroxylation sites is 1. The smallest absolute Gasteiger partial charge is 0.407 e. The molecule has 0 bridgehead atoms. The van der Waals surface area contributed by atoms with E-state index in [-0.39, 0.29) is 12.1 Å². The highest BCUT2D eigenvalue weighted by Crippen LogP contribution is 2.32. The van der Waals surface area contributed by atoms with E-state index in [0.717, 1.165) is 23.2 Å². The zero-order valence-electron chi connectivity index (χ0n) is 20.2. The Morgan fingerprint density at radius 1 is 0.967 bits per heavy atom. The van der Waals surface area contributed by atoms with Gasteiger partial charge in [0.25, 0.3) is 0 Å². The third kappa shape index (κ3) is 9.06. The highest BCUT2D eigenvalue weighted by atomic mass is 16.6. The first-order valence-corrected chi connectivity index (χ1v) is 11.0. The molecule has 30 heavy (non-hydrogen) atoms. The number of amides is 3. The monoisotopic (exact) mass is 419 g/mol. The van der Waals surface area contributed by atoms with Crippen LogP contribution in [0.15, 0.2) is 18.2 Å². The van der Waals surface area contributed by atoms with Gasteiger partial charge in [-0.2, -0.15) is 0 Å². The molecule has 0 heterocycles. The first-order chi connectivity index (χ1) is 13.8. The minimum Gasteiger partial charge on any atom is -0.444 e. The van der Waals surface area contributed by atoms with E-state index in [1.54, 1.807) is 0 Å². The van der Waals surface area contributed by atoms with Crippen molar-refractivity contribution in [3.8, 4) is 0 Å². The number of benzene rings is 1. The number of anilines is 1. The van der Waals surface area contributed by atoms with Crippen LogP contribution in [0.3, 0.4) is 0 Å². The Bertz CT molecular complexity index is 680. The van der Waals surface area contributed by atoms with Crippen LogP contribution in [0.4, 0.5) is 15.3 Å². The van der Waals surface area contributed by atoms with Gasteiger partial charge < -0.3 is 20.7 Å². The standard InChI is InChI=1S/C24H41N3O3/c1-15(2)13-18(26-23(29)30-24(7,8)9)14-25-22(28)27-21-19(16(3)4)11-10-12-20(21)17(5)6/h10-12,15-18H,13-14H2,1-9H3,(H,26,29)(H2,25,27,28)/t18-/m0/s1. The molecule has 3 N–H and O–H groups in total. The molecule has 1 aromatic rings. The summed E-state index contributed by atoms with van der Waals surface area (Å²) in [6, 6.07) is 5.66. The van der Waals surface area contributed by atoms with Crippen LogP contribution in [0.5, 0.6) is 0 Å². The lowest BCUT2D eigenvalue weighted by atomic mass is 9.93. The quantitative estimate of drug-likeness (QED) is 0.484. The van der Waals surface area contributed by atoms with Crippen LogP contribution in [0, 0.1) is 5.92 Å². The fourth-order valence-electron chi connectivity index (χ4n) is 3.31. The SMILES string of the molecule is CC(C)C[C@@H](CNC(=O)Nc1c(C(C)C)cccc1C(C)C)NC(=O)OC(C)(C)C. The minimum atomic E-state index is -0.564. The van der Waals surface area contributed by atoms with Gasteiger partial charge in [0.15, 0.2) is 0 Å². The van der Waals surface area contributed by atoms with Crippen LogP contribution >= 0.6 is 0 Å². The molecule has 0 aliphatic carbocycles. The van der Waals surface area contributed by atoms with Crippen LogP contribution in [0.1, 0.15) is 91.7 Å². The number of hydrogen-bond acceptors (Lipinski definition) is 3. The second-order valence-electron chi connectivity index (χ2n) is 9.93. The number of rotatable bonds is 8. The van der Waals surface area contributed by atoms with Crippen molar-refractivity contribution < 1.29 is 14.3 Å². The Labute approximate surface area is 182 Å². The van der Waals surface area contributed by atoms with Crippen molar-refractivity contribution in [2.45, 2.75) is 92.2 Å². The van der Waals surface area contributed by atoms with Gasteiger partial charge in [-0.15, -0.1) is 0 Å². The van der Waals surface area contributed by atoms with Crippen molar-refractivity contribution in [2.24, 2.45) is 5.92 Å². The lowest BCUT2D eigenvalue weighted by Crippen LogP contribution is -2.47. The third-order valence-electron chi connectivity index (χ3n) is 4.60. The lowest BCUT2D eigenvalue weighted by molar-refractivity contribution is 0.0498. The molecule has 0 aromatic heterocycles. The summed E-state index contributed by atoms with van der Waals surface area (Å²) in [6.07, 6.45) is 0.266. The predicted molar refractivity (Wildman–Crippen MR) is 124 cm³/mol. The molecule has 6 heteroatoms. The molecule has 3 amide bonds. The lowest BCUT2D eigenvalue weighted by Gasteiger charge is -2.25. The molecule has 170 valence electrons. The molecule has 0 aliphatic rings. The Morgan fingerprint density at radius 2 is 1.50 bits per heavy atom. The van der Waals surface area contributed by atoms with E-state index < -0.39 is 11.7 Å². The Morgan fingerprint density at radius 3 is 1.93 bits per heavy atom. The van der Waals surface area contributed by atoms with Crippen molar-refractivity contribution in [3.05, 3.63) is 29.3 Å². The molecular weight excluding hydrogens is 378 g/mol. The Balaban J connectivity index is 2.84. The molecule has 0 saturated carbocycles. The number of nitrogens with one attached hydrogen (secondary N) is 3. The van der Waals surface area contributed by atoms with Crippen LogP contribution in [0.2, 0.25) is 0 Å². The molecule has 0 fully saturated rings. The molecule has 0 spiro atoms. The van der Waals surface area contributed by atoms with E-state index in [4.69, 9.17) is 4.74 Å². The van der Waals surface area contributed by atoms with Crippen LogP contribution in [-0.2, 0) is 4.74 Å². The maximum atomic E-state index is 12.7. The molecular formula is C24H41N3O3. The van der Waals surface area contributed by atoms with E-state index >= 15 is 0 Å². The van der Waals surface area contributed by atoms with Gasteiger partial charge in [0.05, 0.1) is 0 Å². The number of alkyl carbamates (subject to hydrolysis) is 1. The highest BCUT2D eigenvalue weighted by molar-refractivity contribution is 5.91. The average molecular weight is 420 g/mol. The molecule has 1 aromatic carbocycles. The fourth-order valence-corrected chi connectivity index (χ4v) is 3.31. The summed E-state index contributed by atoms with van der Waals surface area (Å²) in [4.78, 5) is 24.9. The second-order valence-corrected chi connectivity index (χ2v) is 9.93. The molecule has 0 aliphatic heterocycles. The van der Waals surface area contributed by atoms with Gasteiger partial charge in [-0.25, -0.2) is 9.59 Å². The van der Waals surface area contributed by atoms with Crippen LogP contribution in [-0.4, -0.2) is 30.3 Å². The van der Waals surface area contributed by atoms with E-state index in [9.17, 15) is 9.59 Å². The fraction of sp³-hybridized carbons (Fsp3) is 0.667. The normalized spacial score (nSPS) is 12.8. The van der Waals surface area contributed by atoms with Gasteiger partial charge in [0.1, 0.15) is 5.60 Å². The highest BCUT2D eigenvalue weighted by Gasteiger charge is 2.21. The van der Waals surface area contributed by atoms with E-state index in [0.29, 0.717) is 24.3 Å². The maximum Gasteiger partial charge on any atom is 0.407 e. The van der Waals surface area contributed by atoms with Gasteiger partial charge in [-0.05, 0) is 56.1 Å². The molecule has 1 rings (SSSR count). The van der Waals surface area contributed by atoms with E-state index in [1.165, 1.54) is 0 Å². The van der Waals surface area contributed by atoms with Crippen molar-refractivity contribution in [2.75, 3.05) is 11.9 Å².